The van der Waals surface area contributed by atoms with Gasteiger partial charge >= 0.3 is 36.9 Å². The van der Waals surface area contributed by atoms with Crippen LogP contribution in [0.15, 0.2) is 36.5 Å². The van der Waals surface area contributed by atoms with Gasteiger partial charge in [0.25, 0.3) is 0 Å². The summed E-state index contributed by atoms with van der Waals surface area (Å²) in [7, 11) is 0. The van der Waals surface area contributed by atoms with Gasteiger partial charge in [-0.3, -0.25) is 12.2 Å². The van der Waals surface area contributed by atoms with Crippen molar-refractivity contribution in [3.05, 3.63) is 48.6 Å². The summed E-state index contributed by atoms with van der Waals surface area (Å²) in [6, 6.07) is 0. The first-order valence-electron chi connectivity index (χ1n) is 3.43. The number of rotatable bonds is 0. The second-order valence-corrected chi connectivity index (χ2v) is 2.01. The molecule has 0 fully saturated rings. The van der Waals surface area contributed by atoms with Crippen molar-refractivity contribution in [2.45, 2.75) is 12.8 Å². The second-order valence-electron chi connectivity index (χ2n) is 2.01. The van der Waals surface area contributed by atoms with Crippen LogP contribution in [-0.4, -0.2) is 0 Å². The molecule has 11 heavy (non-hydrogen) atoms. The molecule has 0 saturated carbocycles. The Morgan fingerprint density at radius 1 is 0.909 bits per heavy atom. The number of hydrogen-bond acceptors (Lipinski definition) is 0. The van der Waals surface area contributed by atoms with Crippen LogP contribution < -0.4 is 0 Å². The van der Waals surface area contributed by atoms with E-state index in [-0.39, 0.29) is 38.3 Å². The Bertz CT molecular complexity index is 148. The van der Waals surface area contributed by atoms with Crippen LogP contribution >= 0.6 is 0 Å². The van der Waals surface area contributed by atoms with E-state index in [4.69, 9.17) is 0 Å². The Balaban J connectivity index is 0. The molecule has 0 unspecified atom stereocenters. The van der Waals surface area contributed by atoms with Crippen molar-refractivity contribution in [2.24, 2.45) is 0 Å². The van der Waals surface area contributed by atoms with Gasteiger partial charge in [-0.05, 0) is 0 Å². The summed E-state index contributed by atoms with van der Waals surface area (Å²) in [4.78, 5) is 0. The topological polar surface area (TPSA) is 0 Å². The smallest absolute Gasteiger partial charge is 1.00 e. The molecule has 0 bridgehead atoms. The molecule has 0 spiro atoms. The summed E-state index contributed by atoms with van der Waals surface area (Å²) in [6.45, 7) is 0. The van der Waals surface area contributed by atoms with Crippen molar-refractivity contribution in [1.82, 2.24) is 0 Å². The zero-order valence-corrected chi connectivity index (χ0v) is 7.79. The Kier molecular flexibility index (Phi) is 8.44. The molecule has 0 nitrogen and oxygen atoms in total. The molecule has 0 aliphatic heterocycles. The van der Waals surface area contributed by atoms with Crippen molar-refractivity contribution in [3.63, 3.8) is 0 Å². The quantitative estimate of drug-likeness (QED) is 0.604. The third-order valence-corrected chi connectivity index (χ3v) is 1.17. The second kappa shape index (κ2) is 8.29. The van der Waals surface area contributed by atoms with E-state index >= 15 is 0 Å². The van der Waals surface area contributed by atoms with Crippen LogP contribution in [0.3, 0.4) is 0 Å². The maximum atomic E-state index is 2.99. The molecule has 0 heterocycles. The molecule has 0 amide bonds. The molecule has 2 aliphatic rings. The van der Waals surface area contributed by atoms with Gasteiger partial charge in [0.15, 0.2) is 0 Å². The Morgan fingerprint density at radius 2 is 1.36 bits per heavy atom. The molecule has 0 atom stereocenters. The fourth-order valence-corrected chi connectivity index (χ4v) is 0.680. The largest absolute Gasteiger partial charge is 3.00 e. The van der Waals surface area contributed by atoms with Crippen molar-refractivity contribution in [3.8, 4) is 0 Å². The minimum Gasteiger partial charge on any atom is -1.00 e. The fraction of sp³-hybridized carbons (Fsp3) is 0.200. The van der Waals surface area contributed by atoms with E-state index in [1.54, 1.807) is 0 Å². The van der Waals surface area contributed by atoms with Crippen molar-refractivity contribution >= 4 is 0 Å². The average molecular weight is 306 g/mol. The summed E-state index contributed by atoms with van der Waals surface area (Å²) in [5.41, 5.74) is 0. The summed E-state index contributed by atoms with van der Waals surface area (Å²) >= 11 is 0. The van der Waals surface area contributed by atoms with Crippen molar-refractivity contribution < 1.29 is 38.3 Å². The predicted molar refractivity (Wildman–Crippen MR) is 44.3 cm³/mol. The van der Waals surface area contributed by atoms with E-state index < -0.39 is 0 Å². The molecule has 0 aromatic heterocycles. The van der Waals surface area contributed by atoms with Gasteiger partial charge in [-0.2, -0.15) is 12.2 Å². The van der Waals surface area contributed by atoms with Crippen LogP contribution in [-0.2, 0) is 0 Å². The monoisotopic (exact) mass is 306 g/mol. The molecule has 0 radical (unpaired) electrons. The number of allylic oxidation sites excluding steroid dienone is 8. The van der Waals surface area contributed by atoms with Gasteiger partial charge in [0.2, 0.25) is 0 Å². The van der Waals surface area contributed by atoms with Crippen molar-refractivity contribution in [2.75, 3.05) is 0 Å². The molecule has 0 N–H and O–H groups in total. The molecule has 0 saturated heterocycles. The van der Waals surface area contributed by atoms with Gasteiger partial charge in [0.05, 0.1) is 0 Å². The van der Waals surface area contributed by atoms with Gasteiger partial charge in [0.1, 0.15) is 0 Å². The van der Waals surface area contributed by atoms with Crippen LogP contribution in [0.5, 0.6) is 0 Å². The minimum atomic E-state index is 0. The molecule has 1 heteroatoms. The predicted octanol–water partition coefficient (Wildman–Crippen LogP) is 2.72. The molecule has 66 valence electrons. The molecule has 0 aromatic carbocycles. The normalized spacial score (nSPS) is 16.0. The van der Waals surface area contributed by atoms with E-state index in [2.05, 4.69) is 24.3 Å². The van der Waals surface area contributed by atoms with E-state index in [9.17, 15) is 0 Å². The van der Waals surface area contributed by atoms with Gasteiger partial charge in [-0.1, -0.05) is 0 Å². The summed E-state index contributed by atoms with van der Waals surface area (Å²) in [5.74, 6) is 0. The summed E-state index contributed by atoms with van der Waals surface area (Å²) in [6.07, 6.45) is 20.0. The zero-order chi connectivity index (χ0) is 7.07. The maximum Gasteiger partial charge on any atom is 3.00 e. The SMILES string of the molecule is [C-]1=CC=CC1.[C-]1=CC=CC1.[H-].[Lu+3]. The number of hydrogen-bond donors (Lipinski definition) is 0. The average Bonchev–Trinajstić information content (AvgIpc) is 2.67. The Labute approximate surface area is 99.0 Å². The molecule has 2 rings (SSSR count). The maximum absolute atomic E-state index is 2.99. The van der Waals surface area contributed by atoms with Gasteiger partial charge in [-0.25, -0.2) is 24.3 Å². The first-order chi connectivity index (χ1) is 5.00. The van der Waals surface area contributed by atoms with E-state index in [0.29, 0.717) is 0 Å². The summed E-state index contributed by atoms with van der Waals surface area (Å²) < 4.78 is 0. The molecular weight excluding hydrogens is 295 g/mol. The third-order valence-electron chi connectivity index (χ3n) is 1.17. The Hall–Kier alpha value is 0.194. The van der Waals surface area contributed by atoms with Gasteiger partial charge < -0.3 is 1.43 Å². The molecule has 2 aliphatic carbocycles. The van der Waals surface area contributed by atoms with Crippen LogP contribution in [0.25, 0.3) is 0 Å². The van der Waals surface area contributed by atoms with E-state index in [0.717, 1.165) is 12.8 Å². The molecule has 0 aromatic rings. The fourth-order valence-electron chi connectivity index (χ4n) is 0.680. The Morgan fingerprint density at radius 3 is 1.45 bits per heavy atom. The first kappa shape index (κ1) is 11.2. The third kappa shape index (κ3) is 6.59. The van der Waals surface area contributed by atoms with Crippen LogP contribution in [0.4, 0.5) is 0 Å². The van der Waals surface area contributed by atoms with Crippen LogP contribution in [0, 0.1) is 49.0 Å². The van der Waals surface area contributed by atoms with Gasteiger partial charge in [0, 0.05) is 0 Å². The first-order valence-corrected chi connectivity index (χ1v) is 3.43. The standard InChI is InChI=1S/2C5H5.Lu.H/c2*1-2-4-5-3-1;;/h2*1-3H,4H2;;/q2*-1;+3;-1. The van der Waals surface area contributed by atoms with Crippen LogP contribution in [0.2, 0.25) is 0 Å². The van der Waals surface area contributed by atoms with Gasteiger partial charge in [-0.15, -0.1) is 12.8 Å². The van der Waals surface area contributed by atoms with Crippen molar-refractivity contribution in [1.29, 1.82) is 0 Å². The zero-order valence-electron chi connectivity index (χ0n) is 7.14. The van der Waals surface area contributed by atoms with E-state index in [1.807, 2.05) is 24.3 Å². The van der Waals surface area contributed by atoms with E-state index in [1.165, 1.54) is 0 Å². The minimum absolute atomic E-state index is 0. The van der Waals surface area contributed by atoms with Crippen LogP contribution in [0.1, 0.15) is 14.3 Å². The molecular formula is C10H11Lu. The summed E-state index contributed by atoms with van der Waals surface area (Å²) in [5, 5.41) is 0.